The lowest BCUT2D eigenvalue weighted by Crippen LogP contribution is -2.65. The standard InChI is InChI=1S/C19H17FN2O4/c1-19-10-15(14-9-11(17(23)25-2)3-8-16(14)26-19)21-18(24)22(19)13-6-4-12(20)5-7-13/h3-9,15H,10H2,1-2H3,(H,21,24)/t15-,19-/m0/s1. The number of urea groups is 1. The van der Waals surface area contributed by atoms with Crippen LogP contribution in [0.1, 0.15) is 35.3 Å². The number of carbonyl (C=O) groups is 2. The summed E-state index contributed by atoms with van der Waals surface area (Å²) in [5, 5.41) is 2.94. The second kappa shape index (κ2) is 5.72. The Bertz CT molecular complexity index is 899. The van der Waals surface area contributed by atoms with E-state index in [1.54, 1.807) is 30.3 Å². The summed E-state index contributed by atoms with van der Waals surface area (Å²) in [4.78, 5) is 26.0. The van der Waals surface area contributed by atoms with Crippen molar-refractivity contribution in [3.8, 4) is 5.75 Å². The highest BCUT2D eigenvalue weighted by atomic mass is 19.1. The number of methoxy groups -OCH3 is 1. The van der Waals surface area contributed by atoms with Crippen molar-refractivity contribution >= 4 is 17.7 Å². The Kier molecular flexibility index (Phi) is 3.61. The summed E-state index contributed by atoms with van der Waals surface area (Å²) in [6.07, 6.45) is 0.480. The van der Waals surface area contributed by atoms with Gasteiger partial charge in [0.2, 0.25) is 0 Å². The monoisotopic (exact) mass is 356 g/mol. The van der Waals surface area contributed by atoms with Gasteiger partial charge in [-0.15, -0.1) is 0 Å². The summed E-state index contributed by atoms with van der Waals surface area (Å²) >= 11 is 0. The first-order valence-corrected chi connectivity index (χ1v) is 8.19. The summed E-state index contributed by atoms with van der Waals surface area (Å²) in [5.74, 6) is -0.237. The van der Waals surface area contributed by atoms with Crippen molar-refractivity contribution in [2.75, 3.05) is 12.0 Å². The fourth-order valence-corrected chi connectivity index (χ4v) is 3.60. The predicted molar refractivity (Wildman–Crippen MR) is 91.6 cm³/mol. The number of anilines is 1. The zero-order valence-electron chi connectivity index (χ0n) is 14.3. The van der Waals surface area contributed by atoms with Crippen LogP contribution in [0.5, 0.6) is 5.75 Å². The molecule has 0 unspecified atom stereocenters. The summed E-state index contributed by atoms with van der Waals surface area (Å²) < 4.78 is 24.1. The van der Waals surface area contributed by atoms with Crippen LogP contribution in [0.3, 0.4) is 0 Å². The summed E-state index contributed by atoms with van der Waals surface area (Å²) in [5.41, 5.74) is 0.746. The number of nitrogens with one attached hydrogen (secondary N) is 1. The molecule has 0 aromatic heterocycles. The van der Waals surface area contributed by atoms with Crippen LogP contribution < -0.4 is 15.0 Å². The van der Waals surface area contributed by atoms with Gasteiger partial charge in [0, 0.05) is 17.7 Å². The lowest BCUT2D eigenvalue weighted by Gasteiger charge is -2.50. The second-order valence-electron chi connectivity index (χ2n) is 6.54. The average Bonchev–Trinajstić information content (AvgIpc) is 2.61. The van der Waals surface area contributed by atoms with Gasteiger partial charge in [-0.2, -0.15) is 0 Å². The van der Waals surface area contributed by atoms with Crippen LogP contribution in [0.4, 0.5) is 14.9 Å². The molecule has 26 heavy (non-hydrogen) atoms. The van der Waals surface area contributed by atoms with Crippen LogP contribution in [-0.2, 0) is 4.74 Å². The molecule has 134 valence electrons. The molecule has 2 heterocycles. The van der Waals surface area contributed by atoms with Crippen molar-refractivity contribution in [1.82, 2.24) is 5.32 Å². The van der Waals surface area contributed by atoms with E-state index in [2.05, 4.69) is 5.32 Å². The highest BCUT2D eigenvalue weighted by Crippen LogP contribution is 2.45. The number of hydrogen-bond acceptors (Lipinski definition) is 4. The number of fused-ring (bicyclic) bond motifs is 4. The average molecular weight is 356 g/mol. The van der Waals surface area contributed by atoms with Crippen molar-refractivity contribution in [2.45, 2.75) is 25.1 Å². The van der Waals surface area contributed by atoms with Crippen molar-refractivity contribution in [2.24, 2.45) is 0 Å². The minimum atomic E-state index is -0.926. The fraction of sp³-hybridized carbons (Fsp3) is 0.263. The van der Waals surface area contributed by atoms with E-state index in [0.717, 1.165) is 5.56 Å². The van der Waals surface area contributed by atoms with E-state index in [1.807, 2.05) is 6.92 Å². The third-order valence-electron chi connectivity index (χ3n) is 4.78. The Hall–Kier alpha value is -3.09. The number of amides is 2. The minimum absolute atomic E-state index is 0.294. The molecule has 2 amide bonds. The van der Waals surface area contributed by atoms with E-state index in [9.17, 15) is 14.0 Å². The highest BCUT2D eigenvalue weighted by Gasteiger charge is 2.49. The summed E-state index contributed by atoms with van der Waals surface area (Å²) in [6.45, 7) is 1.82. The molecule has 4 rings (SSSR count). The molecule has 2 aromatic rings. The molecule has 2 aliphatic heterocycles. The molecule has 1 saturated heterocycles. The SMILES string of the molecule is COC(=O)c1ccc2c(c1)[C@@H]1C[C@](C)(O2)N(c2ccc(F)cc2)C(=O)N1. The Morgan fingerprint density at radius 1 is 1.31 bits per heavy atom. The van der Waals surface area contributed by atoms with Crippen molar-refractivity contribution in [3.63, 3.8) is 0 Å². The van der Waals surface area contributed by atoms with Gasteiger partial charge in [-0.1, -0.05) is 0 Å². The van der Waals surface area contributed by atoms with Crippen LogP contribution in [0.25, 0.3) is 0 Å². The van der Waals surface area contributed by atoms with E-state index in [4.69, 9.17) is 9.47 Å². The Labute approximate surface area is 149 Å². The van der Waals surface area contributed by atoms with Gasteiger partial charge in [0.15, 0.2) is 5.72 Å². The van der Waals surface area contributed by atoms with E-state index in [-0.39, 0.29) is 17.9 Å². The number of carbonyl (C=O) groups excluding carboxylic acids is 2. The van der Waals surface area contributed by atoms with Crippen molar-refractivity contribution in [1.29, 1.82) is 0 Å². The van der Waals surface area contributed by atoms with Crippen LogP contribution >= 0.6 is 0 Å². The number of rotatable bonds is 2. The molecule has 2 aliphatic rings. The van der Waals surface area contributed by atoms with E-state index in [0.29, 0.717) is 23.4 Å². The maximum atomic E-state index is 13.2. The smallest absolute Gasteiger partial charge is 0.337 e. The fourth-order valence-electron chi connectivity index (χ4n) is 3.60. The zero-order valence-corrected chi connectivity index (χ0v) is 14.3. The minimum Gasteiger partial charge on any atom is -0.467 e. The van der Waals surface area contributed by atoms with Gasteiger partial charge in [0.25, 0.3) is 0 Å². The predicted octanol–water partition coefficient (Wildman–Crippen LogP) is 3.38. The molecule has 6 nitrogen and oxygen atoms in total. The normalized spacial score (nSPS) is 23.6. The quantitative estimate of drug-likeness (QED) is 0.838. The number of esters is 1. The van der Waals surface area contributed by atoms with Gasteiger partial charge in [0.05, 0.1) is 18.7 Å². The van der Waals surface area contributed by atoms with Gasteiger partial charge in [-0.05, 0) is 49.4 Å². The number of hydrogen-bond donors (Lipinski definition) is 1. The first-order chi connectivity index (χ1) is 12.4. The topological polar surface area (TPSA) is 67.9 Å². The van der Waals surface area contributed by atoms with E-state index in [1.165, 1.54) is 24.1 Å². The molecule has 1 fully saturated rings. The Morgan fingerprint density at radius 3 is 2.73 bits per heavy atom. The van der Waals surface area contributed by atoms with Crippen molar-refractivity contribution in [3.05, 3.63) is 59.4 Å². The molecule has 0 spiro atoms. The largest absolute Gasteiger partial charge is 0.467 e. The zero-order chi connectivity index (χ0) is 18.5. The van der Waals surface area contributed by atoms with Crippen LogP contribution in [0, 0.1) is 5.82 Å². The molecule has 0 aliphatic carbocycles. The third kappa shape index (κ3) is 2.47. The molecule has 0 saturated carbocycles. The number of nitrogens with zero attached hydrogens (tertiary/aromatic N) is 1. The molecular weight excluding hydrogens is 339 g/mol. The van der Waals surface area contributed by atoms with E-state index >= 15 is 0 Å². The molecule has 1 N–H and O–H groups in total. The summed E-state index contributed by atoms with van der Waals surface area (Å²) in [7, 11) is 1.32. The molecule has 2 bridgehead atoms. The second-order valence-corrected chi connectivity index (χ2v) is 6.54. The maximum Gasteiger partial charge on any atom is 0.337 e. The molecule has 2 atom stereocenters. The van der Waals surface area contributed by atoms with Crippen molar-refractivity contribution < 1.29 is 23.5 Å². The van der Waals surface area contributed by atoms with Gasteiger partial charge in [-0.25, -0.2) is 14.0 Å². The van der Waals surface area contributed by atoms with Gasteiger partial charge in [-0.3, -0.25) is 4.90 Å². The Balaban J connectivity index is 1.75. The number of halogens is 1. The molecular formula is C19H17FN2O4. The van der Waals surface area contributed by atoms with Gasteiger partial charge < -0.3 is 14.8 Å². The van der Waals surface area contributed by atoms with Crippen LogP contribution in [0.2, 0.25) is 0 Å². The first kappa shape index (κ1) is 16.4. The van der Waals surface area contributed by atoms with Crippen LogP contribution in [0.15, 0.2) is 42.5 Å². The Morgan fingerprint density at radius 2 is 2.04 bits per heavy atom. The van der Waals surface area contributed by atoms with E-state index < -0.39 is 11.7 Å². The molecule has 2 aromatic carbocycles. The number of ether oxygens (including phenoxy) is 2. The van der Waals surface area contributed by atoms with Gasteiger partial charge in [0.1, 0.15) is 11.6 Å². The molecule has 7 heteroatoms. The lowest BCUT2D eigenvalue weighted by molar-refractivity contribution is 0.0377. The van der Waals surface area contributed by atoms with Gasteiger partial charge >= 0.3 is 12.0 Å². The van der Waals surface area contributed by atoms with Crippen LogP contribution in [-0.4, -0.2) is 24.8 Å². The number of benzene rings is 2. The maximum absolute atomic E-state index is 13.2. The molecule has 0 radical (unpaired) electrons. The highest BCUT2D eigenvalue weighted by molar-refractivity contribution is 5.95. The lowest BCUT2D eigenvalue weighted by atomic mass is 9.89. The summed E-state index contributed by atoms with van der Waals surface area (Å²) in [6, 6.07) is 10.1. The first-order valence-electron chi connectivity index (χ1n) is 8.19. The third-order valence-corrected chi connectivity index (χ3v) is 4.78.